The highest BCUT2D eigenvalue weighted by atomic mass is 32.1. The number of aryl methyl sites for hydroxylation is 1. The Labute approximate surface area is 148 Å². The van der Waals surface area contributed by atoms with Crippen molar-refractivity contribution < 1.29 is 9.59 Å². The van der Waals surface area contributed by atoms with Crippen molar-refractivity contribution in [2.75, 3.05) is 10.2 Å². The van der Waals surface area contributed by atoms with E-state index >= 15 is 0 Å². The standard InChI is InChI=1S/C18H16N4O2S/c1-10-7-15-16(19-9-10)20-18(25-15)21-17(24)14-8-12-5-3-4-6-13(12)22(14)11(2)23/h3-7,9,14H,8H2,1-2H3,(H,19,20,21,24)/t14-/m0/s1. The van der Waals surface area contributed by atoms with Gasteiger partial charge < -0.3 is 5.32 Å². The van der Waals surface area contributed by atoms with Crippen LogP contribution in [0.4, 0.5) is 10.8 Å². The lowest BCUT2D eigenvalue weighted by atomic mass is 10.1. The smallest absolute Gasteiger partial charge is 0.249 e. The van der Waals surface area contributed by atoms with Crippen LogP contribution in [0.1, 0.15) is 18.1 Å². The van der Waals surface area contributed by atoms with Crippen molar-refractivity contribution in [2.24, 2.45) is 0 Å². The molecule has 0 fully saturated rings. The second kappa shape index (κ2) is 5.93. The number of para-hydroxylation sites is 1. The van der Waals surface area contributed by atoms with Crippen molar-refractivity contribution >= 4 is 44.3 Å². The summed E-state index contributed by atoms with van der Waals surface area (Å²) in [5.41, 5.74) is 3.46. The summed E-state index contributed by atoms with van der Waals surface area (Å²) in [6, 6.07) is 9.03. The third kappa shape index (κ3) is 2.76. The number of rotatable bonds is 2. The molecule has 3 aromatic rings. The zero-order valence-corrected chi connectivity index (χ0v) is 14.6. The van der Waals surface area contributed by atoms with E-state index in [4.69, 9.17) is 0 Å². The number of amides is 2. The third-order valence-electron chi connectivity index (χ3n) is 4.23. The molecule has 1 N–H and O–H groups in total. The molecule has 0 spiro atoms. The van der Waals surface area contributed by atoms with Crippen molar-refractivity contribution in [3.63, 3.8) is 0 Å². The molecule has 1 atom stereocenters. The average molecular weight is 352 g/mol. The summed E-state index contributed by atoms with van der Waals surface area (Å²) in [4.78, 5) is 35.0. The summed E-state index contributed by atoms with van der Waals surface area (Å²) >= 11 is 1.38. The van der Waals surface area contributed by atoms with Gasteiger partial charge in [-0.2, -0.15) is 4.98 Å². The van der Waals surface area contributed by atoms with Crippen LogP contribution < -0.4 is 10.2 Å². The van der Waals surface area contributed by atoms with E-state index in [0.29, 0.717) is 17.2 Å². The van der Waals surface area contributed by atoms with Crippen LogP contribution in [-0.4, -0.2) is 27.8 Å². The molecule has 0 aliphatic carbocycles. The molecule has 7 heteroatoms. The van der Waals surface area contributed by atoms with E-state index in [2.05, 4.69) is 15.3 Å². The number of thiazole rings is 1. The van der Waals surface area contributed by atoms with Crippen LogP contribution in [0.25, 0.3) is 10.3 Å². The van der Waals surface area contributed by atoms with Crippen molar-refractivity contribution in [1.29, 1.82) is 0 Å². The van der Waals surface area contributed by atoms with Crippen molar-refractivity contribution in [2.45, 2.75) is 26.3 Å². The first-order valence-corrected chi connectivity index (χ1v) is 8.76. The molecule has 0 radical (unpaired) electrons. The van der Waals surface area contributed by atoms with Gasteiger partial charge in [-0.05, 0) is 30.2 Å². The summed E-state index contributed by atoms with van der Waals surface area (Å²) in [5, 5.41) is 3.34. The second-order valence-corrected chi connectivity index (χ2v) is 7.11. The number of carbonyl (C=O) groups excluding carboxylic acids is 2. The number of hydrogen-bond acceptors (Lipinski definition) is 5. The predicted octanol–water partition coefficient (Wildman–Crippen LogP) is 2.92. The van der Waals surface area contributed by atoms with E-state index in [-0.39, 0.29) is 11.8 Å². The van der Waals surface area contributed by atoms with Crippen LogP contribution in [-0.2, 0) is 16.0 Å². The molecule has 0 saturated heterocycles. The number of hydrogen-bond donors (Lipinski definition) is 1. The predicted molar refractivity (Wildman–Crippen MR) is 97.9 cm³/mol. The fourth-order valence-corrected chi connectivity index (χ4v) is 4.07. The fourth-order valence-electron chi connectivity index (χ4n) is 3.14. The van der Waals surface area contributed by atoms with Gasteiger partial charge in [0, 0.05) is 25.2 Å². The van der Waals surface area contributed by atoms with Gasteiger partial charge in [0.05, 0.1) is 4.70 Å². The molecule has 4 rings (SSSR count). The summed E-state index contributed by atoms with van der Waals surface area (Å²) in [6.45, 7) is 3.44. The molecule has 1 aromatic carbocycles. The van der Waals surface area contributed by atoms with Crippen molar-refractivity contribution in [1.82, 2.24) is 9.97 Å². The molecular weight excluding hydrogens is 336 g/mol. The topological polar surface area (TPSA) is 75.2 Å². The molecule has 0 bridgehead atoms. The number of anilines is 2. The van der Waals surface area contributed by atoms with Crippen LogP contribution in [0.5, 0.6) is 0 Å². The Morgan fingerprint density at radius 1 is 1.32 bits per heavy atom. The van der Waals surface area contributed by atoms with E-state index in [1.807, 2.05) is 37.3 Å². The first-order chi connectivity index (χ1) is 12.0. The Balaban J connectivity index is 1.61. The third-order valence-corrected chi connectivity index (χ3v) is 5.14. The maximum atomic E-state index is 12.8. The maximum absolute atomic E-state index is 12.8. The molecule has 25 heavy (non-hydrogen) atoms. The van der Waals surface area contributed by atoms with Crippen LogP contribution in [0.2, 0.25) is 0 Å². The zero-order valence-electron chi connectivity index (χ0n) is 13.8. The lowest BCUT2D eigenvalue weighted by Gasteiger charge is -2.22. The number of fused-ring (bicyclic) bond motifs is 2. The Hall–Kier alpha value is -2.80. The average Bonchev–Trinajstić information content (AvgIpc) is 3.14. The van der Waals surface area contributed by atoms with Crippen LogP contribution in [0.3, 0.4) is 0 Å². The minimum atomic E-state index is -0.559. The monoisotopic (exact) mass is 352 g/mol. The largest absolute Gasteiger partial charge is 0.300 e. The minimum absolute atomic E-state index is 0.147. The van der Waals surface area contributed by atoms with E-state index in [1.54, 1.807) is 11.1 Å². The lowest BCUT2D eigenvalue weighted by molar-refractivity contribution is -0.122. The Bertz CT molecular complexity index is 998. The summed E-state index contributed by atoms with van der Waals surface area (Å²) in [6.07, 6.45) is 2.25. The number of benzene rings is 1. The Morgan fingerprint density at radius 2 is 2.12 bits per heavy atom. The second-order valence-electron chi connectivity index (χ2n) is 6.08. The van der Waals surface area contributed by atoms with E-state index < -0.39 is 6.04 Å². The van der Waals surface area contributed by atoms with Crippen LogP contribution in [0, 0.1) is 6.92 Å². The number of nitrogens with one attached hydrogen (secondary N) is 1. The number of nitrogens with zero attached hydrogens (tertiary/aromatic N) is 3. The quantitative estimate of drug-likeness (QED) is 0.769. The van der Waals surface area contributed by atoms with Gasteiger partial charge in [0.1, 0.15) is 6.04 Å². The van der Waals surface area contributed by atoms with Crippen LogP contribution >= 0.6 is 11.3 Å². The summed E-state index contributed by atoms with van der Waals surface area (Å²) in [7, 11) is 0. The molecular formula is C18H16N4O2S. The Kier molecular flexibility index (Phi) is 3.73. The highest BCUT2D eigenvalue weighted by molar-refractivity contribution is 7.22. The highest BCUT2D eigenvalue weighted by Crippen LogP contribution is 2.33. The van der Waals surface area contributed by atoms with E-state index in [1.165, 1.54) is 18.3 Å². The highest BCUT2D eigenvalue weighted by Gasteiger charge is 2.37. The number of aromatic nitrogens is 2. The molecule has 126 valence electrons. The molecule has 0 unspecified atom stereocenters. The zero-order chi connectivity index (χ0) is 17.6. The fraction of sp³-hybridized carbons (Fsp3) is 0.222. The van der Waals surface area contributed by atoms with Gasteiger partial charge in [-0.15, -0.1) is 0 Å². The molecule has 0 saturated carbocycles. The number of carbonyl (C=O) groups is 2. The first-order valence-electron chi connectivity index (χ1n) is 7.94. The minimum Gasteiger partial charge on any atom is -0.300 e. The van der Waals surface area contributed by atoms with Crippen molar-refractivity contribution in [3.05, 3.63) is 47.7 Å². The van der Waals surface area contributed by atoms with Gasteiger partial charge in [0.2, 0.25) is 11.8 Å². The van der Waals surface area contributed by atoms with Crippen LogP contribution in [0.15, 0.2) is 36.5 Å². The van der Waals surface area contributed by atoms with Gasteiger partial charge >= 0.3 is 0 Å². The lowest BCUT2D eigenvalue weighted by Crippen LogP contribution is -2.44. The summed E-state index contributed by atoms with van der Waals surface area (Å²) < 4.78 is 0.924. The van der Waals surface area contributed by atoms with E-state index in [0.717, 1.165) is 21.5 Å². The van der Waals surface area contributed by atoms with Crippen molar-refractivity contribution in [3.8, 4) is 0 Å². The van der Waals surface area contributed by atoms with Gasteiger partial charge in [-0.25, -0.2) is 4.98 Å². The SMILES string of the molecule is CC(=O)N1c2ccccc2C[C@H]1C(=O)Nc1nc2ncc(C)cc2s1. The molecule has 2 amide bonds. The van der Waals surface area contributed by atoms with Gasteiger partial charge in [0.15, 0.2) is 10.8 Å². The molecule has 2 aromatic heterocycles. The molecule has 1 aliphatic rings. The molecule has 1 aliphatic heterocycles. The normalized spacial score (nSPS) is 16.1. The first kappa shape index (κ1) is 15.7. The Morgan fingerprint density at radius 3 is 2.92 bits per heavy atom. The van der Waals surface area contributed by atoms with Gasteiger partial charge in [-0.1, -0.05) is 29.5 Å². The number of pyridine rings is 1. The maximum Gasteiger partial charge on any atom is 0.249 e. The molecule has 3 heterocycles. The molecule has 6 nitrogen and oxygen atoms in total. The van der Waals surface area contributed by atoms with Gasteiger partial charge in [0.25, 0.3) is 0 Å². The van der Waals surface area contributed by atoms with E-state index in [9.17, 15) is 9.59 Å². The van der Waals surface area contributed by atoms with Gasteiger partial charge in [-0.3, -0.25) is 14.5 Å². The summed E-state index contributed by atoms with van der Waals surface area (Å²) in [5.74, 6) is -0.381.